The van der Waals surface area contributed by atoms with Crippen molar-refractivity contribution in [2.75, 3.05) is 12.4 Å². The molecule has 110 valence electrons. The van der Waals surface area contributed by atoms with Gasteiger partial charge in [-0.3, -0.25) is 14.9 Å². The minimum atomic E-state index is -0.545. The highest BCUT2D eigenvalue weighted by atomic mass is 32.1. The molecule has 6 nitrogen and oxygen atoms in total. The zero-order chi connectivity index (χ0) is 15.4. The third-order valence-electron chi connectivity index (χ3n) is 3.05. The van der Waals surface area contributed by atoms with Crippen LogP contribution in [0.3, 0.4) is 0 Å². The summed E-state index contributed by atoms with van der Waals surface area (Å²) in [6, 6.07) is 8.24. The largest absolute Gasteiger partial charge is 0.383 e. The van der Waals surface area contributed by atoms with Gasteiger partial charge in [-0.15, -0.1) is 11.3 Å². The van der Waals surface area contributed by atoms with E-state index in [-0.39, 0.29) is 17.3 Å². The Hall–Kier alpha value is -2.41. The highest BCUT2D eigenvalue weighted by molar-refractivity contribution is 7.10. The van der Waals surface area contributed by atoms with Crippen LogP contribution in [0.15, 0.2) is 35.7 Å². The number of nitrogens with zero attached hydrogens (tertiary/aromatic N) is 1. The highest BCUT2D eigenvalue weighted by Crippen LogP contribution is 2.29. The molecular weight excluding hydrogens is 290 g/mol. The SMILES string of the molecule is CNc1cccc(C(=O)NC(C)c2cccs2)c1[N+](=O)[O-]. The maximum Gasteiger partial charge on any atom is 0.305 e. The molecule has 0 bridgehead atoms. The fourth-order valence-electron chi connectivity index (χ4n) is 2.01. The number of hydrogen-bond acceptors (Lipinski definition) is 5. The second kappa shape index (κ2) is 6.36. The van der Waals surface area contributed by atoms with Crippen LogP contribution < -0.4 is 10.6 Å². The van der Waals surface area contributed by atoms with Gasteiger partial charge >= 0.3 is 5.69 Å². The Bertz CT molecular complexity index is 655. The molecule has 0 saturated heterocycles. The Labute approximate surface area is 126 Å². The molecule has 0 fully saturated rings. The van der Waals surface area contributed by atoms with Gasteiger partial charge in [-0.25, -0.2) is 0 Å². The minimum Gasteiger partial charge on any atom is -0.383 e. The molecular formula is C14H15N3O3S. The monoisotopic (exact) mass is 305 g/mol. The number of nitro groups is 1. The first-order valence-electron chi connectivity index (χ1n) is 6.34. The molecule has 1 unspecified atom stereocenters. The first kappa shape index (κ1) is 15.0. The summed E-state index contributed by atoms with van der Waals surface area (Å²) in [6.07, 6.45) is 0. The summed E-state index contributed by atoms with van der Waals surface area (Å²) in [7, 11) is 1.58. The lowest BCUT2D eigenvalue weighted by molar-refractivity contribution is -0.384. The molecule has 21 heavy (non-hydrogen) atoms. The van der Waals surface area contributed by atoms with Crippen molar-refractivity contribution in [2.24, 2.45) is 0 Å². The van der Waals surface area contributed by atoms with E-state index in [2.05, 4.69) is 10.6 Å². The van der Waals surface area contributed by atoms with Gasteiger partial charge in [0.2, 0.25) is 0 Å². The number of rotatable bonds is 5. The van der Waals surface area contributed by atoms with E-state index in [1.54, 1.807) is 19.2 Å². The Morgan fingerprint density at radius 3 is 2.67 bits per heavy atom. The molecule has 0 radical (unpaired) electrons. The van der Waals surface area contributed by atoms with Crippen LogP contribution in [-0.4, -0.2) is 17.9 Å². The lowest BCUT2D eigenvalue weighted by atomic mass is 10.1. The van der Waals surface area contributed by atoms with Gasteiger partial charge in [0.05, 0.1) is 11.0 Å². The zero-order valence-electron chi connectivity index (χ0n) is 11.6. The molecule has 0 aliphatic carbocycles. The first-order chi connectivity index (χ1) is 10.0. The van der Waals surface area contributed by atoms with Crippen molar-refractivity contribution >= 4 is 28.6 Å². The second-order valence-corrected chi connectivity index (χ2v) is 5.40. The number of amides is 1. The normalized spacial score (nSPS) is 11.7. The summed E-state index contributed by atoms with van der Waals surface area (Å²) in [5.41, 5.74) is 0.155. The predicted octanol–water partition coefficient (Wildman–Crippen LogP) is 3.19. The average Bonchev–Trinajstić information content (AvgIpc) is 3.00. The predicted molar refractivity (Wildman–Crippen MR) is 82.8 cm³/mol. The van der Waals surface area contributed by atoms with Crippen LogP contribution in [-0.2, 0) is 0 Å². The van der Waals surface area contributed by atoms with Crippen LogP contribution >= 0.6 is 11.3 Å². The number of anilines is 1. The fraction of sp³-hybridized carbons (Fsp3) is 0.214. The average molecular weight is 305 g/mol. The van der Waals surface area contributed by atoms with E-state index in [1.807, 2.05) is 24.4 Å². The molecule has 1 amide bonds. The Morgan fingerprint density at radius 2 is 2.10 bits per heavy atom. The third-order valence-corrected chi connectivity index (χ3v) is 4.11. The Morgan fingerprint density at radius 1 is 1.33 bits per heavy atom. The minimum absolute atomic E-state index is 0.0512. The lowest BCUT2D eigenvalue weighted by Gasteiger charge is -2.13. The number of nitrogens with one attached hydrogen (secondary N) is 2. The summed E-state index contributed by atoms with van der Waals surface area (Å²) < 4.78 is 0. The fourth-order valence-corrected chi connectivity index (χ4v) is 2.74. The quantitative estimate of drug-likeness (QED) is 0.656. The molecule has 7 heteroatoms. The van der Waals surface area contributed by atoms with Crippen molar-refractivity contribution in [1.29, 1.82) is 0 Å². The maximum atomic E-state index is 12.3. The molecule has 2 rings (SSSR count). The lowest BCUT2D eigenvalue weighted by Crippen LogP contribution is -2.27. The van der Waals surface area contributed by atoms with E-state index in [0.717, 1.165) is 4.88 Å². The van der Waals surface area contributed by atoms with Crippen LogP contribution in [0.2, 0.25) is 0 Å². The molecule has 0 aliphatic heterocycles. The molecule has 1 aromatic carbocycles. The van der Waals surface area contributed by atoms with E-state index < -0.39 is 10.8 Å². The van der Waals surface area contributed by atoms with Gasteiger partial charge in [-0.1, -0.05) is 12.1 Å². The van der Waals surface area contributed by atoms with Crippen LogP contribution in [0.25, 0.3) is 0 Å². The number of thiophene rings is 1. The van der Waals surface area contributed by atoms with Crippen molar-refractivity contribution < 1.29 is 9.72 Å². The van der Waals surface area contributed by atoms with E-state index >= 15 is 0 Å². The molecule has 0 aliphatic rings. The molecule has 2 aromatic rings. The Kier molecular flexibility index (Phi) is 4.54. The topological polar surface area (TPSA) is 84.3 Å². The van der Waals surface area contributed by atoms with Gasteiger partial charge in [0.25, 0.3) is 5.91 Å². The summed E-state index contributed by atoms with van der Waals surface area (Å²) in [5, 5.41) is 18.6. The van der Waals surface area contributed by atoms with Crippen LogP contribution in [0.4, 0.5) is 11.4 Å². The summed E-state index contributed by atoms with van der Waals surface area (Å²) >= 11 is 1.53. The molecule has 1 heterocycles. The van der Waals surface area contributed by atoms with Crippen molar-refractivity contribution in [3.05, 3.63) is 56.3 Å². The van der Waals surface area contributed by atoms with Crippen LogP contribution in [0, 0.1) is 10.1 Å². The third kappa shape index (κ3) is 3.19. The molecule has 1 atom stereocenters. The number of hydrogen-bond donors (Lipinski definition) is 2. The van der Waals surface area contributed by atoms with E-state index in [4.69, 9.17) is 0 Å². The van der Waals surface area contributed by atoms with E-state index in [9.17, 15) is 14.9 Å². The van der Waals surface area contributed by atoms with Gasteiger partial charge in [-0.2, -0.15) is 0 Å². The van der Waals surface area contributed by atoms with Crippen molar-refractivity contribution in [2.45, 2.75) is 13.0 Å². The van der Waals surface area contributed by atoms with Gasteiger partial charge in [0.15, 0.2) is 0 Å². The van der Waals surface area contributed by atoms with Crippen LogP contribution in [0.1, 0.15) is 28.2 Å². The van der Waals surface area contributed by atoms with Crippen molar-refractivity contribution in [3.63, 3.8) is 0 Å². The van der Waals surface area contributed by atoms with Gasteiger partial charge in [0, 0.05) is 11.9 Å². The maximum absolute atomic E-state index is 12.3. The first-order valence-corrected chi connectivity index (χ1v) is 7.22. The van der Waals surface area contributed by atoms with Gasteiger partial charge in [-0.05, 0) is 30.5 Å². The smallest absolute Gasteiger partial charge is 0.305 e. The van der Waals surface area contributed by atoms with Gasteiger partial charge in [0.1, 0.15) is 11.3 Å². The number of nitro benzene ring substituents is 1. The van der Waals surface area contributed by atoms with Gasteiger partial charge < -0.3 is 10.6 Å². The second-order valence-electron chi connectivity index (χ2n) is 4.42. The molecule has 2 N–H and O–H groups in total. The molecule has 0 spiro atoms. The molecule has 0 saturated carbocycles. The molecule has 1 aromatic heterocycles. The number of benzene rings is 1. The number of carbonyl (C=O) groups is 1. The summed E-state index contributed by atoms with van der Waals surface area (Å²) in [4.78, 5) is 24.0. The van der Waals surface area contributed by atoms with E-state index in [1.165, 1.54) is 17.4 Å². The summed E-state index contributed by atoms with van der Waals surface area (Å²) in [6.45, 7) is 1.84. The van der Waals surface area contributed by atoms with Crippen molar-refractivity contribution in [1.82, 2.24) is 5.32 Å². The van der Waals surface area contributed by atoms with Crippen LogP contribution in [0.5, 0.6) is 0 Å². The Balaban J connectivity index is 2.29. The summed E-state index contributed by atoms with van der Waals surface area (Å²) in [5.74, 6) is -0.459. The van der Waals surface area contributed by atoms with Crippen molar-refractivity contribution in [3.8, 4) is 0 Å². The number of carbonyl (C=O) groups excluding carboxylic acids is 1. The standard InChI is InChI=1S/C14H15N3O3S/c1-9(12-7-4-8-21-12)16-14(18)10-5-3-6-11(15-2)13(10)17(19)20/h3-9,15H,1-2H3,(H,16,18). The zero-order valence-corrected chi connectivity index (χ0v) is 12.4. The highest BCUT2D eigenvalue weighted by Gasteiger charge is 2.25. The van der Waals surface area contributed by atoms with E-state index in [0.29, 0.717) is 5.69 Å². The number of para-hydroxylation sites is 1.